The molecule has 0 N–H and O–H groups in total. The maximum absolute atomic E-state index is 2.39. The molecule has 1 heteroatoms. The molecule has 0 saturated carbocycles. The molecule has 0 fully saturated rings. The van der Waals surface area contributed by atoms with Crippen LogP contribution in [0, 0.1) is 0 Å². The molecule has 1 nitrogen and oxygen atoms in total. The third-order valence-corrected chi connectivity index (χ3v) is 9.32. The first-order valence-electron chi connectivity index (χ1n) is 15.3. The Balaban J connectivity index is 1.11. The van der Waals surface area contributed by atoms with E-state index in [9.17, 15) is 0 Å². The van der Waals surface area contributed by atoms with Crippen molar-refractivity contribution < 1.29 is 0 Å². The fraction of sp³-hybridized carbons (Fsp3) is 0.0233. The molecule has 44 heavy (non-hydrogen) atoms. The highest BCUT2D eigenvalue weighted by Crippen LogP contribution is 2.48. The predicted octanol–water partition coefficient (Wildman–Crippen LogP) is 11.3. The van der Waals surface area contributed by atoms with Gasteiger partial charge in [0, 0.05) is 22.4 Å². The second-order valence-corrected chi connectivity index (χ2v) is 11.7. The summed E-state index contributed by atoms with van der Waals surface area (Å²) in [5, 5.41) is 2.54. The number of rotatable bonds is 4. The van der Waals surface area contributed by atoms with Crippen LogP contribution in [0.15, 0.2) is 170 Å². The Morgan fingerprint density at radius 1 is 0.364 bits per heavy atom. The van der Waals surface area contributed by atoms with E-state index in [4.69, 9.17) is 0 Å². The summed E-state index contributed by atoms with van der Waals surface area (Å²) >= 11 is 0. The van der Waals surface area contributed by atoms with E-state index in [2.05, 4.69) is 174 Å². The molecular formula is C43H29N. The summed E-state index contributed by atoms with van der Waals surface area (Å²) in [6.07, 6.45) is 0. The largest absolute Gasteiger partial charge is 0.309 e. The van der Waals surface area contributed by atoms with Crippen LogP contribution in [0.4, 0.5) is 0 Å². The van der Waals surface area contributed by atoms with Gasteiger partial charge in [0.25, 0.3) is 0 Å². The normalized spacial score (nSPS) is 12.5. The van der Waals surface area contributed by atoms with Crippen LogP contribution >= 0.6 is 0 Å². The Morgan fingerprint density at radius 2 is 0.886 bits per heavy atom. The Kier molecular flexibility index (Phi) is 5.64. The Labute approximate surface area is 257 Å². The maximum atomic E-state index is 2.39. The third kappa shape index (κ3) is 3.87. The molecule has 0 amide bonds. The maximum Gasteiger partial charge on any atom is 0.0541 e. The summed E-state index contributed by atoms with van der Waals surface area (Å²) in [7, 11) is 0. The minimum atomic E-state index is 0.269. The van der Waals surface area contributed by atoms with Crippen LogP contribution in [0.3, 0.4) is 0 Å². The molecule has 206 valence electrons. The van der Waals surface area contributed by atoms with Gasteiger partial charge >= 0.3 is 0 Å². The lowest BCUT2D eigenvalue weighted by Gasteiger charge is -2.15. The Bertz CT molecular complexity index is 2260. The van der Waals surface area contributed by atoms with Crippen LogP contribution in [-0.2, 0) is 0 Å². The van der Waals surface area contributed by atoms with Crippen molar-refractivity contribution >= 4 is 21.8 Å². The van der Waals surface area contributed by atoms with E-state index in [1.807, 2.05) is 0 Å². The van der Waals surface area contributed by atoms with Gasteiger partial charge in [0.1, 0.15) is 0 Å². The van der Waals surface area contributed by atoms with Crippen molar-refractivity contribution in [1.29, 1.82) is 0 Å². The molecule has 0 unspecified atom stereocenters. The predicted molar refractivity (Wildman–Crippen MR) is 184 cm³/mol. The molecule has 0 atom stereocenters. The molecule has 0 radical (unpaired) electrons. The summed E-state index contributed by atoms with van der Waals surface area (Å²) in [4.78, 5) is 0. The van der Waals surface area contributed by atoms with Crippen LogP contribution in [0.5, 0.6) is 0 Å². The van der Waals surface area contributed by atoms with Crippen molar-refractivity contribution in [2.75, 3.05) is 0 Å². The van der Waals surface area contributed by atoms with Gasteiger partial charge in [-0.2, -0.15) is 0 Å². The highest BCUT2D eigenvalue weighted by atomic mass is 15.0. The van der Waals surface area contributed by atoms with E-state index in [-0.39, 0.29) is 5.92 Å². The molecule has 0 saturated heterocycles. The van der Waals surface area contributed by atoms with E-state index >= 15 is 0 Å². The smallest absolute Gasteiger partial charge is 0.0541 e. The topological polar surface area (TPSA) is 4.93 Å². The van der Waals surface area contributed by atoms with Crippen molar-refractivity contribution in [3.05, 3.63) is 187 Å². The highest BCUT2D eigenvalue weighted by molar-refractivity contribution is 6.10. The number of fused-ring (bicyclic) bond motifs is 6. The minimum absolute atomic E-state index is 0.269. The first kappa shape index (κ1) is 24.9. The van der Waals surface area contributed by atoms with Crippen LogP contribution < -0.4 is 0 Å². The standard InChI is InChI=1S/C43H29N/c1-2-10-29(11-3-1)30-22-25-34(26-23-30)44-41-17-9-8-14-37(41)40-28-33(24-27-42(40)44)31-18-20-32(21-19-31)43-38-15-6-4-12-35(38)36-13-5-7-16-39(36)43/h1-28,43H. The van der Waals surface area contributed by atoms with Crippen molar-refractivity contribution in [3.8, 4) is 39.1 Å². The Morgan fingerprint density at radius 3 is 1.61 bits per heavy atom. The number of nitrogens with zero attached hydrogens (tertiary/aromatic N) is 1. The number of hydrogen-bond donors (Lipinski definition) is 0. The molecule has 8 aromatic rings. The first-order chi connectivity index (χ1) is 21.8. The van der Waals surface area contributed by atoms with Gasteiger partial charge in [-0.05, 0) is 80.4 Å². The average molecular weight is 560 g/mol. The Hall–Kier alpha value is -5.66. The number of benzene rings is 7. The monoisotopic (exact) mass is 559 g/mol. The molecule has 1 aliphatic rings. The third-order valence-electron chi connectivity index (χ3n) is 9.32. The molecule has 1 aromatic heterocycles. The van der Waals surface area contributed by atoms with Gasteiger partial charge in [-0.25, -0.2) is 0 Å². The molecule has 0 spiro atoms. The van der Waals surface area contributed by atoms with Gasteiger partial charge in [-0.1, -0.05) is 140 Å². The van der Waals surface area contributed by atoms with Gasteiger partial charge in [-0.15, -0.1) is 0 Å². The lowest BCUT2D eigenvalue weighted by atomic mass is 9.88. The summed E-state index contributed by atoms with van der Waals surface area (Å²) in [5.41, 5.74) is 15.4. The van der Waals surface area contributed by atoms with Gasteiger partial charge in [0.05, 0.1) is 11.0 Å². The van der Waals surface area contributed by atoms with Gasteiger partial charge < -0.3 is 4.57 Å². The lowest BCUT2D eigenvalue weighted by molar-refractivity contribution is 1.02. The molecule has 1 heterocycles. The van der Waals surface area contributed by atoms with Crippen molar-refractivity contribution in [1.82, 2.24) is 4.57 Å². The second-order valence-electron chi connectivity index (χ2n) is 11.7. The van der Waals surface area contributed by atoms with Crippen LogP contribution in [0.25, 0.3) is 60.9 Å². The average Bonchev–Trinajstić information content (AvgIpc) is 3.62. The summed E-state index contributed by atoms with van der Waals surface area (Å²) < 4.78 is 2.39. The fourth-order valence-electron chi connectivity index (χ4n) is 7.25. The van der Waals surface area contributed by atoms with E-state index in [1.165, 1.54) is 77.6 Å². The first-order valence-corrected chi connectivity index (χ1v) is 15.3. The van der Waals surface area contributed by atoms with E-state index in [1.54, 1.807) is 0 Å². The zero-order chi connectivity index (χ0) is 29.0. The summed E-state index contributed by atoms with van der Waals surface area (Å²) in [6, 6.07) is 62.1. The molecule has 7 aromatic carbocycles. The zero-order valence-electron chi connectivity index (χ0n) is 24.2. The van der Waals surface area contributed by atoms with Crippen molar-refractivity contribution in [3.63, 3.8) is 0 Å². The number of aromatic nitrogens is 1. The SMILES string of the molecule is c1ccc(-c2ccc(-n3c4ccccc4c4cc(-c5ccc(C6c7ccccc7-c7ccccc76)cc5)ccc43)cc2)cc1. The molecule has 1 aliphatic carbocycles. The van der Waals surface area contributed by atoms with E-state index in [0.29, 0.717) is 0 Å². The quantitative estimate of drug-likeness (QED) is 0.202. The zero-order valence-corrected chi connectivity index (χ0v) is 24.2. The minimum Gasteiger partial charge on any atom is -0.309 e. The van der Waals surface area contributed by atoms with Crippen LogP contribution in [-0.4, -0.2) is 4.57 Å². The van der Waals surface area contributed by atoms with Gasteiger partial charge in [-0.3, -0.25) is 0 Å². The lowest BCUT2D eigenvalue weighted by Crippen LogP contribution is -1.98. The van der Waals surface area contributed by atoms with Gasteiger partial charge in [0.15, 0.2) is 0 Å². The van der Waals surface area contributed by atoms with Gasteiger partial charge in [0.2, 0.25) is 0 Å². The van der Waals surface area contributed by atoms with Crippen LogP contribution in [0.1, 0.15) is 22.6 Å². The molecule has 9 rings (SSSR count). The van der Waals surface area contributed by atoms with E-state index in [0.717, 1.165) is 0 Å². The summed E-state index contributed by atoms with van der Waals surface area (Å²) in [5.74, 6) is 0.269. The molecule has 0 aliphatic heterocycles. The second kappa shape index (κ2) is 9.97. The number of hydrogen-bond acceptors (Lipinski definition) is 0. The van der Waals surface area contributed by atoms with Crippen LogP contribution in [0.2, 0.25) is 0 Å². The number of para-hydroxylation sites is 1. The fourth-order valence-corrected chi connectivity index (χ4v) is 7.25. The van der Waals surface area contributed by atoms with Crippen molar-refractivity contribution in [2.24, 2.45) is 0 Å². The molecular weight excluding hydrogens is 530 g/mol. The highest BCUT2D eigenvalue weighted by Gasteiger charge is 2.29. The molecule has 0 bridgehead atoms. The summed E-state index contributed by atoms with van der Waals surface area (Å²) in [6.45, 7) is 0. The van der Waals surface area contributed by atoms with E-state index < -0.39 is 0 Å². The van der Waals surface area contributed by atoms with Crippen molar-refractivity contribution in [2.45, 2.75) is 5.92 Å².